The number of nitrogens with zero attached hydrogens (tertiary/aromatic N) is 3. The van der Waals surface area contributed by atoms with Gasteiger partial charge in [0.15, 0.2) is 0 Å². The molecule has 86 valence electrons. The van der Waals surface area contributed by atoms with Crippen LogP contribution in [0.2, 0.25) is 0 Å². The molecular weight excluding hydrogens is 194 g/mol. The Morgan fingerprint density at radius 2 is 1.93 bits per heavy atom. The van der Waals surface area contributed by atoms with Gasteiger partial charge in [-0.15, -0.1) is 5.10 Å². The summed E-state index contributed by atoms with van der Waals surface area (Å²) in [6.07, 6.45) is 2.95. The van der Waals surface area contributed by atoms with E-state index in [-0.39, 0.29) is 0 Å². The number of aromatic nitrogens is 3. The first-order valence-electron chi connectivity index (χ1n) is 5.35. The standard InChI is InChI=1S/C10H19N3O2/c1-3-5-14-7-8-15-6-4-13-9-10(2)11-12-13/h9H,3-8H2,1-2H3. The largest absolute Gasteiger partial charge is 0.379 e. The van der Waals surface area contributed by atoms with Gasteiger partial charge in [-0.1, -0.05) is 12.1 Å². The van der Waals surface area contributed by atoms with Gasteiger partial charge in [-0.3, -0.25) is 0 Å². The normalized spacial score (nSPS) is 10.8. The summed E-state index contributed by atoms with van der Waals surface area (Å²) >= 11 is 0. The van der Waals surface area contributed by atoms with Crippen molar-refractivity contribution in [3.63, 3.8) is 0 Å². The van der Waals surface area contributed by atoms with Crippen LogP contribution in [-0.4, -0.2) is 41.4 Å². The molecule has 0 spiro atoms. The van der Waals surface area contributed by atoms with Gasteiger partial charge in [-0.05, 0) is 13.3 Å². The van der Waals surface area contributed by atoms with Crippen molar-refractivity contribution in [3.8, 4) is 0 Å². The maximum absolute atomic E-state index is 5.38. The van der Waals surface area contributed by atoms with Crippen LogP contribution in [0, 0.1) is 6.92 Å². The van der Waals surface area contributed by atoms with Crippen molar-refractivity contribution >= 4 is 0 Å². The molecule has 0 radical (unpaired) electrons. The molecule has 0 fully saturated rings. The van der Waals surface area contributed by atoms with Crippen molar-refractivity contribution < 1.29 is 9.47 Å². The van der Waals surface area contributed by atoms with Gasteiger partial charge in [-0.25, -0.2) is 4.68 Å². The molecule has 1 heterocycles. The smallest absolute Gasteiger partial charge is 0.0796 e. The summed E-state index contributed by atoms with van der Waals surface area (Å²) in [6.45, 7) is 7.54. The molecule has 5 heteroatoms. The number of hydrogen-bond donors (Lipinski definition) is 0. The summed E-state index contributed by atoms with van der Waals surface area (Å²) in [5.41, 5.74) is 0.932. The minimum atomic E-state index is 0.647. The summed E-state index contributed by atoms with van der Waals surface area (Å²) in [6, 6.07) is 0. The van der Waals surface area contributed by atoms with Gasteiger partial charge >= 0.3 is 0 Å². The Kier molecular flexibility index (Phi) is 5.96. The lowest BCUT2D eigenvalue weighted by molar-refractivity contribution is 0.0441. The Labute approximate surface area is 90.4 Å². The Hall–Kier alpha value is -0.940. The number of aryl methyl sites for hydroxylation is 1. The molecule has 0 saturated heterocycles. The Morgan fingerprint density at radius 3 is 2.53 bits per heavy atom. The van der Waals surface area contributed by atoms with E-state index in [2.05, 4.69) is 17.2 Å². The fourth-order valence-electron chi connectivity index (χ4n) is 1.13. The fraction of sp³-hybridized carbons (Fsp3) is 0.800. The van der Waals surface area contributed by atoms with Crippen LogP contribution in [-0.2, 0) is 16.0 Å². The van der Waals surface area contributed by atoms with Gasteiger partial charge in [0.1, 0.15) is 0 Å². The van der Waals surface area contributed by atoms with Gasteiger partial charge in [0.05, 0.1) is 32.1 Å². The molecule has 0 unspecified atom stereocenters. The molecule has 0 aliphatic carbocycles. The van der Waals surface area contributed by atoms with Crippen LogP contribution in [0.1, 0.15) is 19.0 Å². The highest BCUT2D eigenvalue weighted by Crippen LogP contribution is 1.89. The second-order valence-electron chi connectivity index (χ2n) is 3.35. The molecular formula is C10H19N3O2. The van der Waals surface area contributed by atoms with E-state index >= 15 is 0 Å². The second-order valence-corrected chi connectivity index (χ2v) is 3.35. The van der Waals surface area contributed by atoms with Gasteiger partial charge < -0.3 is 9.47 Å². The molecule has 1 rings (SSSR count). The van der Waals surface area contributed by atoms with E-state index in [9.17, 15) is 0 Å². The third-order valence-corrected chi connectivity index (χ3v) is 1.84. The van der Waals surface area contributed by atoms with Crippen LogP contribution in [0.5, 0.6) is 0 Å². The average Bonchev–Trinajstić information content (AvgIpc) is 2.63. The zero-order chi connectivity index (χ0) is 10.9. The van der Waals surface area contributed by atoms with E-state index in [1.807, 2.05) is 13.1 Å². The molecule has 0 amide bonds. The van der Waals surface area contributed by atoms with Crippen molar-refractivity contribution in [1.82, 2.24) is 15.0 Å². The summed E-state index contributed by atoms with van der Waals surface area (Å²) in [7, 11) is 0. The lowest BCUT2D eigenvalue weighted by Gasteiger charge is -2.04. The lowest BCUT2D eigenvalue weighted by Crippen LogP contribution is -2.10. The Bertz CT molecular complexity index is 263. The number of ether oxygens (including phenoxy) is 2. The maximum Gasteiger partial charge on any atom is 0.0796 e. The molecule has 0 aliphatic rings. The topological polar surface area (TPSA) is 49.2 Å². The highest BCUT2D eigenvalue weighted by molar-refractivity contribution is 4.86. The van der Waals surface area contributed by atoms with E-state index < -0.39 is 0 Å². The Morgan fingerprint density at radius 1 is 1.20 bits per heavy atom. The fourth-order valence-corrected chi connectivity index (χ4v) is 1.13. The number of hydrogen-bond acceptors (Lipinski definition) is 4. The van der Waals surface area contributed by atoms with Crippen LogP contribution >= 0.6 is 0 Å². The zero-order valence-corrected chi connectivity index (χ0v) is 9.48. The van der Waals surface area contributed by atoms with Crippen molar-refractivity contribution in [1.29, 1.82) is 0 Å². The first-order valence-corrected chi connectivity index (χ1v) is 5.35. The minimum absolute atomic E-state index is 0.647. The van der Waals surface area contributed by atoms with Gasteiger partial charge in [0, 0.05) is 12.8 Å². The molecule has 0 atom stereocenters. The quantitative estimate of drug-likeness (QED) is 0.605. The highest BCUT2D eigenvalue weighted by Gasteiger charge is 1.95. The number of rotatable bonds is 8. The van der Waals surface area contributed by atoms with Crippen LogP contribution in [0.4, 0.5) is 0 Å². The van der Waals surface area contributed by atoms with Crippen LogP contribution < -0.4 is 0 Å². The molecule has 0 N–H and O–H groups in total. The molecule has 0 aliphatic heterocycles. The Balaban J connectivity index is 1.93. The van der Waals surface area contributed by atoms with Crippen molar-refractivity contribution in [2.45, 2.75) is 26.8 Å². The molecule has 5 nitrogen and oxygen atoms in total. The molecule has 0 aromatic carbocycles. The summed E-state index contributed by atoms with van der Waals surface area (Å²) in [4.78, 5) is 0. The summed E-state index contributed by atoms with van der Waals surface area (Å²) in [5, 5.41) is 7.81. The monoisotopic (exact) mass is 213 g/mol. The van der Waals surface area contributed by atoms with Gasteiger partial charge in [0.25, 0.3) is 0 Å². The summed E-state index contributed by atoms with van der Waals surface area (Å²) in [5.74, 6) is 0. The predicted molar refractivity (Wildman–Crippen MR) is 56.7 cm³/mol. The van der Waals surface area contributed by atoms with E-state index in [0.717, 1.165) is 25.3 Å². The highest BCUT2D eigenvalue weighted by atomic mass is 16.5. The molecule has 0 saturated carbocycles. The molecule has 0 bridgehead atoms. The van der Waals surface area contributed by atoms with Crippen molar-refractivity contribution in [2.24, 2.45) is 0 Å². The average molecular weight is 213 g/mol. The van der Waals surface area contributed by atoms with Crippen molar-refractivity contribution in [3.05, 3.63) is 11.9 Å². The van der Waals surface area contributed by atoms with Crippen molar-refractivity contribution in [2.75, 3.05) is 26.4 Å². The van der Waals surface area contributed by atoms with E-state index in [1.165, 1.54) is 0 Å². The zero-order valence-electron chi connectivity index (χ0n) is 9.48. The second kappa shape index (κ2) is 7.36. The van der Waals surface area contributed by atoms with E-state index in [1.54, 1.807) is 4.68 Å². The first-order chi connectivity index (χ1) is 7.33. The molecule has 1 aromatic rings. The lowest BCUT2D eigenvalue weighted by atomic mass is 10.5. The van der Waals surface area contributed by atoms with E-state index in [0.29, 0.717) is 19.8 Å². The maximum atomic E-state index is 5.38. The third kappa shape index (κ3) is 5.49. The van der Waals surface area contributed by atoms with Crippen LogP contribution in [0.3, 0.4) is 0 Å². The van der Waals surface area contributed by atoms with Gasteiger partial charge in [-0.2, -0.15) is 0 Å². The van der Waals surface area contributed by atoms with Crippen LogP contribution in [0.15, 0.2) is 6.20 Å². The first kappa shape index (κ1) is 12.1. The van der Waals surface area contributed by atoms with E-state index in [4.69, 9.17) is 9.47 Å². The predicted octanol–water partition coefficient (Wildman–Crippen LogP) is 1.03. The summed E-state index contributed by atoms with van der Waals surface area (Å²) < 4.78 is 12.4. The molecule has 1 aromatic heterocycles. The van der Waals surface area contributed by atoms with Gasteiger partial charge in [0.2, 0.25) is 0 Å². The minimum Gasteiger partial charge on any atom is -0.379 e. The van der Waals surface area contributed by atoms with Crippen LogP contribution in [0.25, 0.3) is 0 Å². The SMILES string of the molecule is CCCOCCOCCn1cc(C)nn1. The molecule has 15 heavy (non-hydrogen) atoms. The third-order valence-electron chi connectivity index (χ3n) is 1.84.